The first-order chi connectivity index (χ1) is 12.3. The Morgan fingerprint density at radius 3 is 2.54 bits per heavy atom. The number of amides is 2. The van der Waals surface area contributed by atoms with Gasteiger partial charge in [0.15, 0.2) is 0 Å². The number of carbonyl (C=O) groups excluding carboxylic acids is 2. The van der Waals surface area contributed by atoms with Gasteiger partial charge < -0.3 is 15.8 Å². The minimum atomic E-state index is -1.00. The van der Waals surface area contributed by atoms with Crippen LogP contribution in [0, 0.1) is 11.6 Å². The fourth-order valence-corrected chi connectivity index (χ4v) is 2.66. The van der Waals surface area contributed by atoms with Crippen molar-refractivity contribution in [2.24, 2.45) is 5.73 Å². The van der Waals surface area contributed by atoms with Crippen molar-refractivity contribution in [3.05, 3.63) is 64.2 Å². The molecule has 5 nitrogen and oxygen atoms in total. The van der Waals surface area contributed by atoms with Crippen LogP contribution < -0.4 is 15.8 Å². The topological polar surface area (TPSA) is 81.4 Å². The molecule has 0 unspecified atom stereocenters. The molecule has 2 rings (SSSR count). The highest BCUT2D eigenvalue weighted by Gasteiger charge is 2.20. The molecule has 138 valence electrons. The second-order valence-electron chi connectivity index (χ2n) is 5.61. The van der Waals surface area contributed by atoms with Gasteiger partial charge in [-0.2, -0.15) is 0 Å². The van der Waals surface area contributed by atoms with E-state index in [-0.39, 0.29) is 18.4 Å². The molecular weight excluding hydrogens is 366 g/mol. The van der Waals surface area contributed by atoms with Gasteiger partial charge in [-0.15, -0.1) is 0 Å². The average molecular weight is 383 g/mol. The van der Waals surface area contributed by atoms with Gasteiger partial charge in [0.05, 0.1) is 18.6 Å². The number of hydrogen-bond acceptors (Lipinski definition) is 3. The highest BCUT2D eigenvalue weighted by Crippen LogP contribution is 2.25. The molecule has 0 fully saturated rings. The van der Waals surface area contributed by atoms with Crippen molar-refractivity contribution in [3.63, 3.8) is 0 Å². The largest absolute Gasteiger partial charge is 0.495 e. The lowest BCUT2D eigenvalue weighted by atomic mass is 10.0. The van der Waals surface area contributed by atoms with Crippen LogP contribution in [0.2, 0.25) is 5.02 Å². The molecule has 2 amide bonds. The van der Waals surface area contributed by atoms with E-state index in [4.69, 9.17) is 22.1 Å². The third kappa shape index (κ3) is 5.16. The summed E-state index contributed by atoms with van der Waals surface area (Å²) in [6.07, 6.45) is -0.240. The monoisotopic (exact) mass is 382 g/mol. The SMILES string of the molecule is COc1ccc(C[C@H](NC(=O)Cc2ccc(F)cc2F)C(N)=O)cc1Cl. The van der Waals surface area contributed by atoms with E-state index in [1.165, 1.54) is 13.2 Å². The predicted molar refractivity (Wildman–Crippen MR) is 92.9 cm³/mol. The van der Waals surface area contributed by atoms with Crippen molar-refractivity contribution in [3.8, 4) is 5.75 Å². The van der Waals surface area contributed by atoms with Crippen LogP contribution in [0.4, 0.5) is 8.78 Å². The first-order valence-corrected chi connectivity index (χ1v) is 8.03. The molecule has 0 bridgehead atoms. The van der Waals surface area contributed by atoms with E-state index in [9.17, 15) is 18.4 Å². The number of halogens is 3. The molecule has 26 heavy (non-hydrogen) atoms. The Labute approximate surface area is 154 Å². The summed E-state index contributed by atoms with van der Waals surface area (Å²) in [6, 6.07) is 6.83. The first kappa shape index (κ1) is 19.7. The lowest BCUT2D eigenvalue weighted by molar-refractivity contribution is -0.127. The lowest BCUT2D eigenvalue weighted by Gasteiger charge is -2.16. The maximum atomic E-state index is 13.6. The summed E-state index contributed by atoms with van der Waals surface area (Å²) in [7, 11) is 1.47. The molecule has 2 aromatic carbocycles. The summed E-state index contributed by atoms with van der Waals surface area (Å²) in [5.41, 5.74) is 6.01. The van der Waals surface area contributed by atoms with Crippen LogP contribution in [-0.2, 0) is 22.4 Å². The van der Waals surface area contributed by atoms with E-state index in [0.717, 1.165) is 6.07 Å². The number of rotatable bonds is 7. The summed E-state index contributed by atoms with van der Waals surface area (Å²) < 4.78 is 31.6. The number of hydrogen-bond donors (Lipinski definition) is 2. The smallest absolute Gasteiger partial charge is 0.240 e. The van der Waals surface area contributed by atoms with Crippen molar-refractivity contribution in [1.82, 2.24) is 5.32 Å². The number of ether oxygens (including phenoxy) is 1. The Morgan fingerprint density at radius 1 is 1.23 bits per heavy atom. The Balaban J connectivity index is 2.06. The van der Waals surface area contributed by atoms with Crippen molar-refractivity contribution in [1.29, 1.82) is 0 Å². The second kappa shape index (κ2) is 8.62. The van der Waals surface area contributed by atoms with Gasteiger partial charge in [0, 0.05) is 12.5 Å². The number of benzene rings is 2. The van der Waals surface area contributed by atoms with Gasteiger partial charge in [-0.3, -0.25) is 9.59 Å². The molecule has 0 heterocycles. The molecule has 0 spiro atoms. The van der Waals surface area contributed by atoms with Gasteiger partial charge >= 0.3 is 0 Å². The van der Waals surface area contributed by atoms with Crippen LogP contribution in [0.25, 0.3) is 0 Å². The molecule has 0 aliphatic heterocycles. The zero-order chi connectivity index (χ0) is 19.3. The number of primary amides is 1. The molecule has 8 heteroatoms. The fraction of sp³-hybridized carbons (Fsp3) is 0.222. The molecule has 0 radical (unpaired) electrons. The van der Waals surface area contributed by atoms with Crippen LogP contribution >= 0.6 is 11.6 Å². The molecule has 0 aliphatic carbocycles. The number of nitrogens with one attached hydrogen (secondary N) is 1. The molecule has 1 atom stereocenters. The lowest BCUT2D eigenvalue weighted by Crippen LogP contribution is -2.46. The molecule has 0 saturated heterocycles. The molecule has 0 saturated carbocycles. The Morgan fingerprint density at radius 2 is 1.96 bits per heavy atom. The van der Waals surface area contributed by atoms with Crippen LogP contribution in [-0.4, -0.2) is 25.0 Å². The van der Waals surface area contributed by atoms with Crippen LogP contribution in [0.5, 0.6) is 5.75 Å². The third-order valence-electron chi connectivity index (χ3n) is 3.70. The van der Waals surface area contributed by atoms with E-state index in [2.05, 4.69) is 5.32 Å². The highest BCUT2D eigenvalue weighted by molar-refractivity contribution is 6.32. The zero-order valence-corrected chi connectivity index (χ0v) is 14.6. The van der Waals surface area contributed by atoms with Crippen molar-refractivity contribution in [2.45, 2.75) is 18.9 Å². The minimum Gasteiger partial charge on any atom is -0.495 e. The average Bonchev–Trinajstić information content (AvgIpc) is 2.57. The number of nitrogens with two attached hydrogens (primary N) is 1. The summed E-state index contributed by atoms with van der Waals surface area (Å²) in [6.45, 7) is 0. The van der Waals surface area contributed by atoms with Crippen molar-refractivity contribution < 1.29 is 23.1 Å². The number of carbonyl (C=O) groups is 2. The Bertz CT molecular complexity index is 830. The molecule has 0 aromatic heterocycles. The standard InChI is InChI=1S/C18H17ClF2N2O3/c1-26-16-5-2-10(6-13(16)19)7-15(18(22)25)23-17(24)8-11-3-4-12(20)9-14(11)21/h2-6,9,15H,7-8H2,1H3,(H2,22,25)(H,23,24)/t15-/m0/s1. The molecular formula is C18H17ClF2N2O3. The van der Waals surface area contributed by atoms with E-state index in [1.807, 2.05) is 0 Å². The third-order valence-corrected chi connectivity index (χ3v) is 4.00. The summed E-state index contributed by atoms with van der Waals surface area (Å²) in [5.74, 6) is -2.46. The summed E-state index contributed by atoms with van der Waals surface area (Å²) >= 11 is 6.03. The van der Waals surface area contributed by atoms with Crippen molar-refractivity contribution >= 4 is 23.4 Å². The minimum absolute atomic E-state index is 0.0135. The Hall–Kier alpha value is -2.67. The van der Waals surface area contributed by atoms with Crippen LogP contribution in [0.15, 0.2) is 36.4 Å². The van der Waals surface area contributed by atoms with Gasteiger partial charge in [-0.25, -0.2) is 8.78 Å². The van der Waals surface area contributed by atoms with Crippen LogP contribution in [0.1, 0.15) is 11.1 Å². The fourth-order valence-electron chi connectivity index (χ4n) is 2.38. The summed E-state index contributed by atoms with van der Waals surface area (Å²) in [5, 5.41) is 2.81. The zero-order valence-electron chi connectivity index (χ0n) is 13.9. The van der Waals surface area contributed by atoms with Gasteiger partial charge in [0.2, 0.25) is 11.8 Å². The van der Waals surface area contributed by atoms with Gasteiger partial charge in [-0.05, 0) is 29.3 Å². The van der Waals surface area contributed by atoms with Gasteiger partial charge in [-0.1, -0.05) is 23.7 Å². The quantitative estimate of drug-likeness (QED) is 0.771. The molecule has 0 aliphatic rings. The van der Waals surface area contributed by atoms with Crippen LogP contribution in [0.3, 0.4) is 0 Å². The van der Waals surface area contributed by atoms with E-state index < -0.39 is 29.5 Å². The van der Waals surface area contributed by atoms with Gasteiger partial charge in [0.25, 0.3) is 0 Å². The Kier molecular flexibility index (Phi) is 6.52. The predicted octanol–water partition coefficient (Wildman–Crippen LogP) is 2.38. The van der Waals surface area contributed by atoms with E-state index in [1.54, 1.807) is 18.2 Å². The first-order valence-electron chi connectivity index (χ1n) is 7.65. The molecule has 2 aromatic rings. The number of methoxy groups -OCH3 is 1. The second-order valence-corrected chi connectivity index (χ2v) is 6.02. The van der Waals surface area contributed by atoms with E-state index in [0.29, 0.717) is 22.4 Å². The van der Waals surface area contributed by atoms with Gasteiger partial charge in [0.1, 0.15) is 23.4 Å². The maximum absolute atomic E-state index is 13.6. The maximum Gasteiger partial charge on any atom is 0.240 e. The normalized spacial score (nSPS) is 11.7. The summed E-state index contributed by atoms with van der Waals surface area (Å²) in [4.78, 5) is 23.7. The molecule has 3 N–H and O–H groups in total. The highest BCUT2D eigenvalue weighted by atomic mass is 35.5. The van der Waals surface area contributed by atoms with E-state index >= 15 is 0 Å². The van der Waals surface area contributed by atoms with Crippen molar-refractivity contribution in [2.75, 3.05) is 7.11 Å².